The molecule has 0 bridgehead atoms. The van der Waals surface area contributed by atoms with Gasteiger partial charge in [-0.3, -0.25) is 0 Å². The van der Waals surface area contributed by atoms with Crippen LogP contribution in [0.2, 0.25) is 0 Å². The molecule has 0 N–H and O–H groups in total. The van der Waals surface area contributed by atoms with E-state index >= 15 is 0 Å². The monoisotopic (exact) mass is 268 g/mol. The maximum atomic E-state index is 5.17. The van der Waals surface area contributed by atoms with Gasteiger partial charge >= 0.3 is 0 Å². The van der Waals surface area contributed by atoms with Gasteiger partial charge in [-0.05, 0) is 25.7 Å². The minimum atomic E-state index is -0.0105. The van der Waals surface area contributed by atoms with Crippen LogP contribution in [0, 0.1) is 0 Å². The summed E-state index contributed by atoms with van der Waals surface area (Å²) < 4.78 is 10.3. The fraction of sp³-hybridized carbons (Fsp3) is 0.765. The highest BCUT2D eigenvalue weighted by Gasteiger charge is 2.03. The Bertz CT molecular complexity index is 207. The minimum Gasteiger partial charge on any atom is -0.356 e. The molecule has 0 saturated carbocycles. The summed E-state index contributed by atoms with van der Waals surface area (Å²) in [6.45, 7) is 3.66. The predicted octanol–water partition coefficient (Wildman–Crippen LogP) is 5.25. The molecule has 0 aliphatic rings. The Morgan fingerprint density at radius 1 is 0.842 bits per heavy atom. The topological polar surface area (TPSA) is 18.5 Å². The van der Waals surface area contributed by atoms with E-state index < -0.39 is 0 Å². The van der Waals surface area contributed by atoms with Crippen molar-refractivity contribution in [3.05, 3.63) is 24.8 Å². The maximum absolute atomic E-state index is 5.17. The molecule has 0 saturated heterocycles. The summed E-state index contributed by atoms with van der Waals surface area (Å²) in [7, 11) is 3.41. The van der Waals surface area contributed by atoms with Gasteiger partial charge in [-0.1, -0.05) is 63.3 Å². The minimum absolute atomic E-state index is 0.0105. The Morgan fingerprint density at radius 2 is 1.37 bits per heavy atom. The molecule has 2 heteroatoms. The Morgan fingerprint density at radius 3 is 1.89 bits per heavy atom. The summed E-state index contributed by atoms with van der Waals surface area (Å²) >= 11 is 0. The number of allylic oxidation sites excluding steroid dienone is 3. The first kappa shape index (κ1) is 18.4. The van der Waals surface area contributed by atoms with Crippen LogP contribution in [-0.4, -0.2) is 20.5 Å². The number of unbranched alkanes of at least 4 members (excludes halogenated alkanes) is 8. The zero-order valence-corrected chi connectivity index (χ0v) is 12.9. The second-order valence-electron chi connectivity index (χ2n) is 4.97. The van der Waals surface area contributed by atoms with Gasteiger partial charge in [0.25, 0.3) is 0 Å². The largest absolute Gasteiger partial charge is 0.356 e. The van der Waals surface area contributed by atoms with Crippen LogP contribution in [0.1, 0.15) is 64.2 Å². The number of hydrogen-bond donors (Lipinski definition) is 0. The molecule has 0 unspecified atom stereocenters. The molecule has 0 spiro atoms. The molecular formula is C17H32O2. The number of ether oxygens (including phenoxy) is 2. The first-order valence-electron chi connectivity index (χ1n) is 7.68. The fourth-order valence-corrected chi connectivity index (χ4v) is 2.16. The number of hydrogen-bond acceptors (Lipinski definition) is 2. The van der Waals surface area contributed by atoms with Gasteiger partial charge < -0.3 is 9.47 Å². The first-order chi connectivity index (χ1) is 9.35. The molecule has 0 rings (SSSR count). The Labute approximate surface area is 119 Å². The number of methoxy groups -OCH3 is 2. The second kappa shape index (κ2) is 15.5. The van der Waals surface area contributed by atoms with Gasteiger partial charge in [0.15, 0.2) is 6.29 Å². The van der Waals surface area contributed by atoms with Crippen LogP contribution in [0.3, 0.4) is 0 Å². The van der Waals surface area contributed by atoms with E-state index in [-0.39, 0.29) is 6.29 Å². The highest BCUT2D eigenvalue weighted by molar-refractivity contribution is 4.96. The SMILES string of the molecule is C=C/C=C/CCCCCCCCCCC(OC)OC. The Kier molecular flexibility index (Phi) is 15.0. The third-order valence-corrected chi connectivity index (χ3v) is 3.36. The van der Waals surface area contributed by atoms with Gasteiger partial charge in [0, 0.05) is 14.2 Å². The summed E-state index contributed by atoms with van der Waals surface area (Å²) in [5.41, 5.74) is 0. The van der Waals surface area contributed by atoms with Gasteiger partial charge in [-0.25, -0.2) is 0 Å². The zero-order chi connectivity index (χ0) is 14.2. The van der Waals surface area contributed by atoms with Crippen LogP contribution in [-0.2, 0) is 9.47 Å². The molecule has 0 aromatic rings. The second-order valence-corrected chi connectivity index (χ2v) is 4.97. The van der Waals surface area contributed by atoms with Crippen LogP contribution in [0.4, 0.5) is 0 Å². The highest BCUT2D eigenvalue weighted by Crippen LogP contribution is 2.12. The van der Waals surface area contributed by atoms with Crippen LogP contribution >= 0.6 is 0 Å². The van der Waals surface area contributed by atoms with Crippen molar-refractivity contribution in [2.75, 3.05) is 14.2 Å². The average Bonchev–Trinajstić information content (AvgIpc) is 2.44. The summed E-state index contributed by atoms with van der Waals surface area (Å²) in [6, 6.07) is 0. The van der Waals surface area contributed by atoms with Crippen molar-refractivity contribution in [1.82, 2.24) is 0 Å². The van der Waals surface area contributed by atoms with E-state index in [1.807, 2.05) is 12.2 Å². The summed E-state index contributed by atoms with van der Waals surface area (Å²) in [5, 5.41) is 0. The smallest absolute Gasteiger partial charge is 0.156 e. The van der Waals surface area contributed by atoms with Gasteiger partial charge in [-0.2, -0.15) is 0 Å². The van der Waals surface area contributed by atoms with Crippen molar-refractivity contribution in [3.63, 3.8) is 0 Å². The van der Waals surface area contributed by atoms with Crippen LogP contribution in [0.15, 0.2) is 24.8 Å². The average molecular weight is 268 g/mol. The van der Waals surface area contributed by atoms with Crippen molar-refractivity contribution >= 4 is 0 Å². The zero-order valence-electron chi connectivity index (χ0n) is 12.9. The molecular weight excluding hydrogens is 236 g/mol. The van der Waals surface area contributed by atoms with E-state index in [2.05, 4.69) is 12.7 Å². The molecule has 0 amide bonds. The molecule has 0 aromatic carbocycles. The van der Waals surface area contributed by atoms with E-state index in [1.54, 1.807) is 14.2 Å². The third kappa shape index (κ3) is 13.6. The van der Waals surface area contributed by atoms with E-state index in [0.29, 0.717) is 0 Å². The van der Waals surface area contributed by atoms with E-state index in [9.17, 15) is 0 Å². The van der Waals surface area contributed by atoms with Crippen molar-refractivity contribution in [1.29, 1.82) is 0 Å². The van der Waals surface area contributed by atoms with E-state index in [4.69, 9.17) is 9.47 Å². The van der Waals surface area contributed by atoms with Gasteiger partial charge in [-0.15, -0.1) is 0 Å². The molecule has 0 fully saturated rings. The van der Waals surface area contributed by atoms with Crippen LogP contribution in [0.25, 0.3) is 0 Å². The van der Waals surface area contributed by atoms with Gasteiger partial charge in [0.2, 0.25) is 0 Å². The molecule has 0 radical (unpaired) electrons. The van der Waals surface area contributed by atoms with Crippen molar-refractivity contribution < 1.29 is 9.47 Å². The van der Waals surface area contributed by atoms with E-state index in [0.717, 1.165) is 6.42 Å². The van der Waals surface area contributed by atoms with Crippen molar-refractivity contribution in [3.8, 4) is 0 Å². The van der Waals surface area contributed by atoms with Crippen molar-refractivity contribution in [2.45, 2.75) is 70.5 Å². The lowest BCUT2D eigenvalue weighted by Gasteiger charge is -2.12. The molecule has 19 heavy (non-hydrogen) atoms. The van der Waals surface area contributed by atoms with Crippen LogP contribution < -0.4 is 0 Å². The fourth-order valence-electron chi connectivity index (χ4n) is 2.16. The normalized spacial score (nSPS) is 11.5. The Hall–Kier alpha value is -0.600. The van der Waals surface area contributed by atoms with Gasteiger partial charge in [0.05, 0.1) is 0 Å². The summed E-state index contributed by atoms with van der Waals surface area (Å²) in [5.74, 6) is 0. The quantitative estimate of drug-likeness (QED) is 0.243. The lowest BCUT2D eigenvalue weighted by atomic mass is 10.1. The third-order valence-electron chi connectivity index (χ3n) is 3.36. The first-order valence-corrected chi connectivity index (χ1v) is 7.68. The summed E-state index contributed by atoms with van der Waals surface area (Å²) in [6.07, 6.45) is 18.9. The maximum Gasteiger partial charge on any atom is 0.156 e. The number of rotatable bonds is 14. The molecule has 112 valence electrons. The Balaban J connectivity index is 3.10. The molecule has 0 heterocycles. The van der Waals surface area contributed by atoms with Crippen molar-refractivity contribution in [2.24, 2.45) is 0 Å². The lowest BCUT2D eigenvalue weighted by molar-refractivity contribution is -0.107. The molecule has 0 aromatic heterocycles. The standard InChI is InChI=1S/C17H32O2/c1-4-5-6-7-8-9-10-11-12-13-14-15-16-17(18-2)19-3/h4-6,17H,1,7-16H2,2-3H3/b6-5+. The van der Waals surface area contributed by atoms with E-state index in [1.165, 1.54) is 57.8 Å². The molecule has 0 atom stereocenters. The molecule has 2 nitrogen and oxygen atoms in total. The molecule has 0 aliphatic heterocycles. The van der Waals surface area contributed by atoms with Gasteiger partial charge in [0.1, 0.15) is 0 Å². The van der Waals surface area contributed by atoms with Crippen LogP contribution in [0.5, 0.6) is 0 Å². The summed E-state index contributed by atoms with van der Waals surface area (Å²) in [4.78, 5) is 0. The predicted molar refractivity (Wildman–Crippen MR) is 83.3 cm³/mol. The molecule has 0 aliphatic carbocycles. The lowest BCUT2D eigenvalue weighted by Crippen LogP contribution is -2.12. The highest BCUT2D eigenvalue weighted by atomic mass is 16.7.